The summed E-state index contributed by atoms with van der Waals surface area (Å²) < 4.78 is 5.78. The van der Waals surface area contributed by atoms with Crippen molar-refractivity contribution in [2.45, 2.75) is 42.5 Å². The summed E-state index contributed by atoms with van der Waals surface area (Å²) in [5, 5.41) is 32.1. The van der Waals surface area contributed by atoms with Crippen LogP contribution in [-0.2, 0) is 9.53 Å². The van der Waals surface area contributed by atoms with Crippen LogP contribution in [0, 0.1) is 11.3 Å². The van der Waals surface area contributed by atoms with Crippen molar-refractivity contribution in [3.8, 4) is 6.07 Å². The number of anilines is 1. The largest absolute Gasteiger partial charge is 0.507 e. The Morgan fingerprint density at radius 2 is 2.12 bits per heavy atom. The quantitative estimate of drug-likeness (QED) is 0.190. The first-order valence-corrected chi connectivity index (χ1v) is 12.1. The number of para-hydroxylation sites is 2. The summed E-state index contributed by atoms with van der Waals surface area (Å²) in [6.45, 7) is -0.413. The lowest BCUT2D eigenvalue weighted by molar-refractivity contribution is -0.140. The summed E-state index contributed by atoms with van der Waals surface area (Å²) in [5.41, 5.74) is 1.35. The van der Waals surface area contributed by atoms with Crippen LogP contribution in [0.25, 0.3) is 16.6 Å². The van der Waals surface area contributed by atoms with Crippen LogP contribution < -0.4 is 5.32 Å². The first-order valence-electron chi connectivity index (χ1n) is 10.3. The van der Waals surface area contributed by atoms with Crippen LogP contribution in [0.15, 0.2) is 34.4 Å². The lowest BCUT2D eigenvalue weighted by atomic mass is 9.96. The number of carbonyl (C=O) groups excluding carboxylic acids is 1. The van der Waals surface area contributed by atoms with E-state index in [0.29, 0.717) is 15.9 Å². The molecule has 4 rings (SSSR count). The average molecular weight is 471 g/mol. The van der Waals surface area contributed by atoms with Crippen molar-refractivity contribution in [1.29, 1.82) is 5.26 Å². The Morgan fingerprint density at radius 1 is 1.31 bits per heavy atom. The smallest absolute Gasteiger partial charge is 0.316 e. The van der Waals surface area contributed by atoms with Gasteiger partial charge in [-0.25, -0.2) is 4.98 Å². The predicted molar refractivity (Wildman–Crippen MR) is 123 cm³/mol. The first-order chi connectivity index (χ1) is 15.6. The highest BCUT2D eigenvalue weighted by Gasteiger charge is 2.17. The van der Waals surface area contributed by atoms with Crippen molar-refractivity contribution in [2.24, 2.45) is 0 Å². The molecule has 0 unspecified atom stereocenters. The number of imidazole rings is 1. The predicted octanol–water partition coefficient (Wildman–Crippen LogP) is 4.29. The molecule has 0 atom stereocenters. The Bertz CT molecular complexity index is 1130. The fourth-order valence-corrected chi connectivity index (χ4v) is 5.08. The summed E-state index contributed by atoms with van der Waals surface area (Å²) in [4.78, 5) is 19.4. The van der Waals surface area contributed by atoms with Crippen LogP contribution >= 0.6 is 23.1 Å². The van der Waals surface area contributed by atoms with Gasteiger partial charge in [0.25, 0.3) is 0 Å². The molecule has 32 heavy (non-hydrogen) atoms. The van der Waals surface area contributed by atoms with E-state index in [-0.39, 0.29) is 22.9 Å². The number of fused-ring (bicyclic) bond motifs is 1. The molecule has 0 aliphatic heterocycles. The number of thioether (sulfide) groups is 1. The van der Waals surface area contributed by atoms with Crippen molar-refractivity contribution in [3.63, 3.8) is 0 Å². The average Bonchev–Trinajstić information content (AvgIpc) is 3.44. The van der Waals surface area contributed by atoms with Crippen LogP contribution in [0.1, 0.15) is 37.9 Å². The number of nitriles is 1. The summed E-state index contributed by atoms with van der Waals surface area (Å²) in [6.07, 6.45) is 6.04. The number of rotatable bonds is 8. The number of aromatic nitrogens is 4. The SMILES string of the molecule is N#CC(=C(O)COC(=O)CSc1nnc(NC2CCCCC2)s1)c1nc2ccccc2[nH]1. The minimum Gasteiger partial charge on any atom is -0.507 e. The normalized spacial score (nSPS) is 15.2. The third-order valence-corrected chi connectivity index (χ3v) is 7.01. The van der Waals surface area contributed by atoms with Gasteiger partial charge in [0.1, 0.15) is 18.2 Å². The third-order valence-electron chi connectivity index (χ3n) is 5.05. The number of aromatic amines is 1. The molecule has 0 bridgehead atoms. The molecule has 166 valence electrons. The zero-order valence-corrected chi connectivity index (χ0v) is 18.8. The Hall–Kier alpha value is -3.10. The second-order valence-corrected chi connectivity index (χ2v) is 9.54. The lowest BCUT2D eigenvalue weighted by Crippen LogP contribution is -2.21. The highest BCUT2D eigenvalue weighted by atomic mass is 32.2. The van der Waals surface area contributed by atoms with Crippen LogP contribution in [-0.4, -0.2) is 49.6 Å². The topological polar surface area (TPSA) is 137 Å². The molecular weight excluding hydrogens is 448 g/mol. The Kier molecular flexibility index (Phi) is 7.24. The standard InChI is InChI=1S/C21H22N6O3S2/c22-10-14(19-24-15-8-4-5-9-16(15)25-19)17(28)11-30-18(29)12-31-21-27-26-20(32-21)23-13-6-2-1-3-7-13/h4-5,8-9,13,28H,1-3,6-7,11-12H2,(H,23,26)(H,24,25). The van der Waals surface area contributed by atoms with E-state index >= 15 is 0 Å². The summed E-state index contributed by atoms with van der Waals surface area (Å²) in [7, 11) is 0. The number of aliphatic hydroxyl groups excluding tert-OH is 1. The summed E-state index contributed by atoms with van der Waals surface area (Å²) in [5.74, 6) is -0.638. The summed E-state index contributed by atoms with van der Waals surface area (Å²) in [6, 6.07) is 9.63. The van der Waals surface area contributed by atoms with Gasteiger partial charge in [-0.05, 0) is 25.0 Å². The number of ether oxygens (including phenoxy) is 1. The molecule has 1 saturated carbocycles. The molecule has 0 spiro atoms. The molecule has 1 aromatic carbocycles. The van der Waals surface area contributed by atoms with Crippen LogP contribution in [0.2, 0.25) is 0 Å². The molecule has 1 aliphatic carbocycles. The molecule has 2 aromatic heterocycles. The number of nitrogens with zero attached hydrogens (tertiary/aromatic N) is 4. The Labute approximate surface area is 192 Å². The molecule has 3 aromatic rings. The lowest BCUT2D eigenvalue weighted by Gasteiger charge is -2.21. The van der Waals surface area contributed by atoms with Gasteiger partial charge in [-0.3, -0.25) is 4.79 Å². The molecule has 1 fully saturated rings. The number of carbonyl (C=O) groups is 1. The maximum Gasteiger partial charge on any atom is 0.316 e. The molecule has 11 heteroatoms. The van der Waals surface area contributed by atoms with Gasteiger partial charge in [-0.1, -0.05) is 54.5 Å². The van der Waals surface area contributed by atoms with E-state index in [1.807, 2.05) is 24.3 Å². The van der Waals surface area contributed by atoms with Gasteiger partial charge >= 0.3 is 5.97 Å². The van der Waals surface area contributed by atoms with Gasteiger partial charge in [0.15, 0.2) is 15.9 Å². The van der Waals surface area contributed by atoms with Crippen molar-refractivity contribution in [1.82, 2.24) is 20.2 Å². The number of aliphatic hydroxyl groups is 1. The molecule has 1 aliphatic rings. The molecule has 3 N–H and O–H groups in total. The second kappa shape index (κ2) is 10.5. The van der Waals surface area contributed by atoms with Gasteiger partial charge in [-0.2, -0.15) is 5.26 Å². The maximum absolute atomic E-state index is 12.1. The fraction of sp³-hybridized carbons (Fsp3) is 0.381. The van der Waals surface area contributed by atoms with Crippen molar-refractivity contribution in [2.75, 3.05) is 17.7 Å². The number of benzene rings is 1. The van der Waals surface area contributed by atoms with Gasteiger partial charge in [0.2, 0.25) is 5.13 Å². The van der Waals surface area contributed by atoms with Crippen molar-refractivity contribution in [3.05, 3.63) is 35.8 Å². The van der Waals surface area contributed by atoms with E-state index in [9.17, 15) is 15.2 Å². The van der Waals surface area contributed by atoms with Gasteiger partial charge in [0.05, 0.1) is 16.8 Å². The Morgan fingerprint density at radius 3 is 2.91 bits per heavy atom. The Balaban J connectivity index is 1.28. The molecule has 2 heterocycles. The van der Waals surface area contributed by atoms with E-state index in [1.165, 1.54) is 42.4 Å². The number of hydrogen-bond acceptors (Lipinski definition) is 10. The van der Waals surface area contributed by atoms with E-state index in [0.717, 1.165) is 23.5 Å². The highest BCUT2D eigenvalue weighted by molar-refractivity contribution is 8.01. The van der Waals surface area contributed by atoms with Gasteiger partial charge < -0.3 is 20.1 Å². The first kappa shape index (κ1) is 22.1. The van der Waals surface area contributed by atoms with E-state index < -0.39 is 12.6 Å². The number of H-pyrrole nitrogens is 1. The van der Waals surface area contributed by atoms with E-state index in [4.69, 9.17) is 4.74 Å². The van der Waals surface area contributed by atoms with Gasteiger partial charge in [-0.15, -0.1) is 10.2 Å². The van der Waals surface area contributed by atoms with Crippen molar-refractivity contribution >= 4 is 50.8 Å². The summed E-state index contributed by atoms with van der Waals surface area (Å²) >= 11 is 2.63. The minimum atomic E-state index is -0.527. The number of hydrogen-bond donors (Lipinski definition) is 3. The zero-order valence-electron chi connectivity index (χ0n) is 17.2. The molecular formula is C21H22N6O3S2. The highest BCUT2D eigenvalue weighted by Crippen LogP contribution is 2.28. The third kappa shape index (κ3) is 5.57. The second-order valence-electron chi connectivity index (χ2n) is 7.34. The van der Waals surface area contributed by atoms with Crippen LogP contribution in [0.5, 0.6) is 0 Å². The monoisotopic (exact) mass is 470 g/mol. The number of allylic oxidation sites excluding steroid dienone is 1. The van der Waals surface area contributed by atoms with Crippen LogP contribution in [0.3, 0.4) is 0 Å². The molecule has 0 radical (unpaired) electrons. The van der Waals surface area contributed by atoms with Crippen LogP contribution in [0.4, 0.5) is 5.13 Å². The molecule has 9 nitrogen and oxygen atoms in total. The minimum absolute atomic E-state index is 0.0257. The number of nitrogens with one attached hydrogen (secondary N) is 2. The van der Waals surface area contributed by atoms with Gasteiger partial charge in [0, 0.05) is 6.04 Å². The van der Waals surface area contributed by atoms with E-state index in [2.05, 4.69) is 25.5 Å². The number of esters is 1. The fourth-order valence-electron chi connectivity index (χ4n) is 3.46. The zero-order chi connectivity index (χ0) is 22.3. The van der Waals surface area contributed by atoms with Crippen molar-refractivity contribution < 1.29 is 14.6 Å². The van der Waals surface area contributed by atoms with E-state index in [1.54, 1.807) is 6.07 Å². The maximum atomic E-state index is 12.1. The molecule has 0 amide bonds. The molecule has 0 saturated heterocycles.